The van der Waals surface area contributed by atoms with E-state index >= 15 is 0 Å². The van der Waals surface area contributed by atoms with Gasteiger partial charge in [-0.15, -0.1) is 0 Å². The number of aromatic amines is 1. The van der Waals surface area contributed by atoms with Crippen LogP contribution < -0.4 is 5.32 Å². The van der Waals surface area contributed by atoms with Crippen LogP contribution in [0.4, 0.5) is 0 Å². The fraction of sp³-hybridized carbons (Fsp3) is 0.571. The summed E-state index contributed by atoms with van der Waals surface area (Å²) in [7, 11) is 0. The number of aryl methyl sites for hydroxylation is 2. The molecule has 150 valence electrons. The molecule has 4 rings (SSSR count). The minimum Gasteiger partial charge on any atom is -0.361 e. The van der Waals surface area contributed by atoms with Crippen LogP contribution in [0.5, 0.6) is 0 Å². The maximum absolute atomic E-state index is 12.8. The van der Waals surface area contributed by atoms with Crippen LogP contribution in [0.3, 0.4) is 0 Å². The number of hydrogen-bond donors (Lipinski definition) is 2. The quantitative estimate of drug-likeness (QED) is 0.831. The molecule has 1 amide bonds. The molecule has 2 aromatic rings. The lowest BCUT2D eigenvalue weighted by atomic mass is 9.93. The van der Waals surface area contributed by atoms with Crippen LogP contribution in [0.1, 0.15) is 70.2 Å². The monoisotopic (exact) mass is 383 g/mol. The van der Waals surface area contributed by atoms with Crippen molar-refractivity contribution in [3.05, 3.63) is 40.0 Å². The first kappa shape index (κ1) is 18.9. The first-order chi connectivity index (χ1) is 13.4. The zero-order valence-corrected chi connectivity index (χ0v) is 17.0. The normalized spacial score (nSPS) is 16.9. The summed E-state index contributed by atoms with van der Waals surface area (Å²) in [4.78, 5) is 30.8. The van der Waals surface area contributed by atoms with Crippen LogP contribution in [0.2, 0.25) is 0 Å². The third-order valence-electron chi connectivity index (χ3n) is 5.58. The Kier molecular flexibility index (Phi) is 5.10. The number of H-pyrrole nitrogens is 1. The van der Waals surface area contributed by atoms with E-state index in [-0.39, 0.29) is 11.7 Å². The molecular formula is C21H29N5O2. The highest BCUT2D eigenvalue weighted by Crippen LogP contribution is 2.26. The lowest BCUT2D eigenvalue weighted by molar-refractivity contribution is 0.0925. The summed E-state index contributed by atoms with van der Waals surface area (Å²) in [5.41, 5.74) is 4.83. The van der Waals surface area contributed by atoms with Crippen LogP contribution in [0, 0.1) is 12.8 Å². The van der Waals surface area contributed by atoms with Gasteiger partial charge in [-0.2, -0.15) is 5.10 Å². The van der Waals surface area contributed by atoms with E-state index in [1.165, 1.54) is 5.69 Å². The number of Topliss-reactive ketones (excluding diaryl/α,β-unsaturated/α-hetero) is 1. The molecular weight excluding hydrogens is 354 g/mol. The van der Waals surface area contributed by atoms with Crippen LogP contribution in [0.25, 0.3) is 0 Å². The highest BCUT2D eigenvalue weighted by Gasteiger charge is 2.28. The van der Waals surface area contributed by atoms with E-state index in [9.17, 15) is 9.59 Å². The first-order valence-electron chi connectivity index (χ1n) is 10.2. The smallest absolute Gasteiger partial charge is 0.254 e. The maximum Gasteiger partial charge on any atom is 0.254 e. The molecule has 0 bridgehead atoms. The predicted molar refractivity (Wildman–Crippen MR) is 106 cm³/mol. The number of nitrogens with zero attached hydrogens (tertiary/aromatic N) is 3. The lowest BCUT2D eigenvalue weighted by Crippen LogP contribution is -2.36. The molecule has 3 heterocycles. The Morgan fingerprint density at radius 1 is 1.32 bits per heavy atom. The summed E-state index contributed by atoms with van der Waals surface area (Å²) in [6, 6.07) is 2.08. The van der Waals surface area contributed by atoms with Gasteiger partial charge in [-0.1, -0.05) is 13.8 Å². The van der Waals surface area contributed by atoms with Crippen molar-refractivity contribution in [1.82, 2.24) is 25.0 Å². The van der Waals surface area contributed by atoms with Gasteiger partial charge in [0.15, 0.2) is 5.78 Å². The number of hydrogen-bond acceptors (Lipinski definition) is 4. The van der Waals surface area contributed by atoms with Crippen LogP contribution >= 0.6 is 0 Å². The number of amides is 1. The van der Waals surface area contributed by atoms with Crippen molar-refractivity contribution in [2.45, 2.75) is 59.7 Å². The molecule has 2 aromatic heterocycles. The minimum absolute atomic E-state index is 0.0680. The molecule has 1 aliphatic heterocycles. The van der Waals surface area contributed by atoms with Gasteiger partial charge in [-0.25, -0.2) is 0 Å². The molecule has 2 N–H and O–H groups in total. The number of aromatic nitrogens is 3. The van der Waals surface area contributed by atoms with E-state index in [1.54, 1.807) is 0 Å². The molecule has 0 atom stereocenters. The lowest BCUT2D eigenvalue weighted by Gasteiger charge is -2.28. The van der Waals surface area contributed by atoms with Gasteiger partial charge in [0, 0.05) is 37.4 Å². The Morgan fingerprint density at radius 2 is 2.14 bits per heavy atom. The average molecular weight is 383 g/mol. The van der Waals surface area contributed by atoms with Crippen molar-refractivity contribution in [1.29, 1.82) is 0 Å². The summed E-state index contributed by atoms with van der Waals surface area (Å²) < 4.78 is 2.05. The number of carbonyl (C=O) groups excluding carboxylic acids is 2. The molecule has 2 aliphatic rings. The van der Waals surface area contributed by atoms with Crippen molar-refractivity contribution >= 4 is 11.7 Å². The van der Waals surface area contributed by atoms with Crippen LogP contribution in [-0.2, 0) is 26.1 Å². The highest BCUT2D eigenvalue weighted by molar-refractivity contribution is 6.10. The van der Waals surface area contributed by atoms with Gasteiger partial charge >= 0.3 is 0 Å². The molecule has 0 fully saturated rings. The molecule has 7 nitrogen and oxygen atoms in total. The largest absolute Gasteiger partial charge is 0.361 e. The highest BCUT2D eigenvalue weighted by atomic mass is 16.2. The molecule has 0 saturated carbocycles. The Labute approximate surface area is 165 Å². The molecule has 0 spiro atoms. The zero-order valence-electron chi connectivity index (χ0n) is 17.0. The molecule has 1 aliphatic carbocycles. The van der Waals surface area contributed by atoms with Gasteiger partial charge in [0.1, 0.15) is 0 Å². The van der Waals surface area contributed by atoms with E-state index < -0.39 is 0 Å². The van der Waals surface area contributed by atoms with Crippen LogP contribution in [0.15, 0.2) is 6.07 Å². The number of ketones is 1. The average Bonchev–Trinajstić information content (AvgIpc) is 3.19. The number of nitrogens with one attached hydrogen (secondary N) is 2. The third kappa shape index (κ3) is 3.63. The Balaban J connectivity index is 1.44. The van der Waals surface area contributed by atoms with Crippen molar-refractivity contribution in [2.75, 3.05) is 13.1 Å². The van der Waals surface area contributed by atoms with Crippen molar-refractivity contribution in [2.24, 2.45) is 5.92 Å². The van der Waals surface area contributed by atoms with Gasteiger partial charge < -0.3 is 10.3 Å². The second-order valence-corrected chi connectivity index (χ2v) is 8.42. The van der Waals surface area contributed by atoms with Gasteiger partial charge in [-0.05, 0) is 31.7 Å². The topological polar surface area (TPSA) is 83.0 Å². The van der Waals surface area contributed by atoms with E-state index in [2.05, 4.69) is 40.2 Å². The fourth-order valence-electron chi connectivity index (χ4n) is 4.42. The standard InChI is InChI=1S/C21H29N5O2/c1-13(2)11-25-7-8-26-16(12-25)9-15(24-26)10-22-21(28)19-14(3)23-17-5-4-6-18(27)20(17)19/h9,13,23H,4-8,10-12H2,1-3H3,(H,22,28). The molecule has 0 radical (unpaired) electrons. The van der Waals surface area contributed by atoms with Crippen LogP contribution in [-0.4, -0.2) is 44.4 Å². The summed E-state index contributed by atoms with van der Waals surface area (Å²) >= 11 is 0. The summed E-state index contributed by atoms with van der Waals surface area (Å²) in [6.45, 7) is 10.6. The molecule has 0 unspecified atom stereocenters. The zero-order chi connectivity index (χ0) is 19.8. The van der Waals surface area contributed by atoms with E-state index in [0.717, 1.165) is 56.1 Å². The van der Waals surface area contributed by atoms with E-state index in [0.29, 0.717) is 30.0 Å². The van der Waals surface area contributed by atoms with Crippen molar-refractivity contribution in [3.63, 3.8) is 0 Å². The molecule has 0 aromatic carbocycles. The van der Waals surface area contributed by atoms with E-state index in [1.807, 2.05) is 11.6 Å². The van der Waals surface area contributed by atoms with Crippen molar-refractivity contribution in [3.8, 4) is 0 Å². The van der Waals surface area contributed by atoms with Gasteiger partial charge in [0.2, 0.25) is 0 Å². The maximum atomic E-state index is 12.8. The minimum atomic E-state index is -0.197. The fourth-order valence-corrected chi connectivity index (χ4v) is 4.42. The van der Waals surface area contributed by atoms with Crippen molar-refractivity contribution < 1.29 is 9.59 Å². The molecule has 7 heteroatoms. The SMILES string of the molecule is Cc1[nH]c2c(c1C(=O)NCc1cc3n(n1)CCN(CC(C)C)C3)C(=O)CCC2. The second-order valence-electron chi connectivity index (χ2n) is 8.42. The Hall–Kier alpha value is -2.41. The predicted octanol–water partition coefficient (Wildman–Crippen LogP) is 2.44. The van der Waals surface area contributed by atoms with Gasteiger partial charge in [-0.3, -0.25) is 19.2 Å². The Bertz CT molecular complexity index is 908. The summed E-state index contributed by atoms with van der Waals surface area (Å²) in [6.07, 6.45) is 2.20. The Morgan fingerprint density at radius 3 is 2.93 bits per heavy atom. The number of carbonyl (C=O) groups is 2. The molecule has 28 heavy (non-hydrogen) atoms. The number of fused-ring (bicyclic) bond motifs is 2. The summed E-state index contributed by atoms with van der Waals surface area (Å²) in [5, 5.41) is 7.61. The molecule has 0 saturated heterocycles. The number of rotatable bonds is 5. The van der Waals surface area contributed by atoms with Gasteiger partial charge in [0.05, 0.1) is 35.6 Å². The van der Waals surface area contributed by atoms with Gasteiger partial charge in [0.25, 0.3) is 5.91 Å². The second kappa shape index (κ2) is 7.54. The van der Waals surface area contributed by atoms with E-state index in [4.69, 9.17) is 0 Å². The third-order valence-corrected chi connectivity index (χ3v) is 5.58. The first-order valence-corrected chi connectivity index (χ1v) is 10.2. The summed E-state index contributed by atoms with van der Waals surface area (Å²) in [5.74, 6) is 0.516.